The van der Waals surface area contributed by atoms with E-state index >= 15 is 0 Å². The summed E-state index contributed by atoms with van der Waals surface area (Å²) in [6.45, 7) is 8.92. The third kappa shape index (κ3) is 19.0. The number of benzene rings is 5. The van der Waals surface area contributed by atoms with Gasteiger partial charge < -0.3 is 35.1 Å². The average molecular weight is 1090 g/mol. The molecule has 5 aromatic rings. The summed E-state index contributed by atoms with van der Waals surface area (Å²) < 4.78 is 86.8. The van der Waals surface area contributed by atoms with Crippen molar-refractivity contribution in [3.8, 4) is 28.7 Å². The standard InChI is InChI=1S/C55H72N4O13S3/c1-6-8-10-11-12-13-14-15-16-17-18-19-20-22-39-23-21-24-43(32-39)72-55(4,5)54(63)57-45-36-48(49(37-47(45)61)73-31-9-7-2)71-30-29-70-42-27-25-41(26-28-42)58-59-52-50(75(67,68)69)34-40-33-44(74(64,65)66)35-46(56-38(3)60)51(40)53(52)62/h21,23-28,32-37,61-62H,6-20,22,29-31H2,1-5H3,(H,56,60)(H,57,63)(H,64,65,66)(H,67,68,69). The van der Waals surface area contributed by atoms with Crippen LogP contribution in [-0.2, 0) is 36.2 Å². The number of hydrogen-bond acceptors (Lipinski definition) is 14. The monoisotopic (exact) mass is 1090 g/mol. The highest BCUT2D eigenvalue weighted by Gasteiger charge is 2.31. The number of thioether (sulfide) groups is 1. The first kappa shape index (κ1) is 59.9. The summed E-state index contributed by atoms with van der Waals surface area (Å²) in [6.07, 6.45) is 19.7. The molecule has 0 aromatic heterocycles. The molecule has 0 fully saturated rings. The molecule has 0 aliphatic heterocycles. The lowest BCUT2D eigenvalue weighted by Gasteiger charge is -2.26. The lowest BCUT2D eigenvalue weighted by Crippen LogP contribution is -2.42. The van der Waals surface area contributed by atoms with Gasteiger partial charge in [0.15, 0.2) is 11.4 Å². The van der Waals surface area contributed by atoms with Crippen LogP contribution in [0.3, 0.4) is 0 Å². The van der Waals surface area contributed by atoms with Gasteiger partial charge in [-0.05, 0) is 110 Å². The van der Waals surface area contributed by atoms with Crippen LogP contribution in [0.4, 0.5) is 22.7 Å². The van der Waals surface area contributed by atoms with Crippen LogP contribution in [0.5, 0.6) is 28.7 Å². The molecule has 20 heteroatoms. The molecule has 0 radical (unpaired) electrons. The van der Waals surface area contributed by atoms with Crippen molar-refractivity contribution in [2.45, 2.75) is 158 Å². The van der Waals surface area contributed by atoms with Crippen molar-refractivity contribution in [3.05, 3.63) is 84.4 Å². The number of aromatic hydroxyl groups is 2. The van der Waals surface area contributed by atoms with Crippen molar-refractivity contribution in [1.82, 2.24) is 0 Å². The van der Waals surface area contributed by atoms with Crippen LogP contribution in [-0.4, -0.2) is 72.5 Å². The van der Waals surface area contributed by atoms with Crippen LogP contribution in [0.15, 0.2) is 104 Å². The molecule has 0 unspecified atom stereocenters. The zero-order chi connectivity index (χ0) is 54.6. The first-order valence-electron chi connectivity index (χ1n) is 25.6. The van der Waals surface area contributed by atoms with E-state index in [4.69, 9.17) is 14.2 Å². The van der Waals surface area contributed by atoms with Gasteiger partial charge in [0.2, 0.25) is 5.91 Å². The van der Waals surface area contributed by atoms with Crippen LogP contribution in [0.25, 0.3) is 10.8 Å². The Kier molecular flexibility index (Phi) is 23.0. The van der Waals surface area contributed by atoms with E-state index in [0.717, 1.165) is 62.1 Å². The van der Waals surface area contributed by atoms with Gasteiger partial charge in [-0.25, -0.2) is 0 Å². The van der Waals surface area contributed by atoms with E-state index in [9.17, 15) is 45.7 Å². The zero-order valence-electron chi connectivity index (χ0n) is 43.5. The Morgan fingerprint density at radius 1 is 0.667 bits per heavy atom. The largest absolute Gasteiger partial charge is 0.506 e. The molecular weight excluding hydrogens is 1020 g/mol. The number of unbranched alkanes of at least 4 members (excludes halogenated alkanes) is 13. The fraction of sp³-hybridized carbons (Fsp3) is 0.455. The molecule has 0 aliphatic rings. The van der Waals surface area contributed by atoms with Crippen LogP contribution in [0.1, 0.15) is 136 Å². The second-order valence-electron chi connectivity index (χ2n) is 18.9. The van der Waals surface area contributed by atoms with Crippen molar-refractivity contribution in [1.29, 1.82) is 0 Å². The van der Waals surface area contributed by atoms with Gasteiger partial charge in [0.25, 0.3) is 26.1 Å². The Hall–Kier alpha value is -5.93. The van der Waals surface area contributed by atoms with E-state index in [1.165, 1.54) is 101 Å². The molecule has 5 aromatic carbocycles. The highest BCUT2D eigenvalue weighted by atomic mass is 32.2. The molecule has 5 rings (SSSR count). The smallest absolute Gasteiger partial charge is 0.296 e. The Balaban J connectivity index is 1.17. The van der Waals surface area contributed by atoms with Crippen LogP contribution in [0, 0.1) is 0 Å². The number of anilines is 2. The molecule has 0 saturated heterocycles. The Morgan fingerprint density at radius 3 is 1.91 bits per heavy atom. The van der Waals surface area contributed by atoms with Crippen LogP contribution >= 0.6 is 11.8 Å². The number of phenolic OH excluding ortho intramolecular Hbond substituents is 2. The number of carbonyl (C=O) groups is 2. The molecule has 0 atom stereocenters. The molecule has 2 amide bonds. The van der Waals surface area contributed by atoms with E-state index in [-0.39, 0.29) is 46.8 Å². The molecule has 0 bridgehead atoms. The van der Waals surface area contributed by atoms with E-state index in [1.807, 2.05) is 18.2 Å². The first-order valence-corrected chi connectivity index (χ1v) is 29.5. The summed E-state index contributed by atoms with van der Waals surface area (Å²) in [5.74, 6) is 0.0140. The molecule has 75 heavy (non-hydrogen) atoms. The number of fused-ring (bicyclic) bond motifs is 1. The third-order valence-corrected chi connectivity index (χ3v) is 15.0. The highest BCUT2D eigenvalue weighted by Crippen LogP contribution is 2.45. The Bertz CT molecular complexity index is 2970. The van der Waals surface area contributed by atoms with Crippen LogP contribution < -0.4 is 24.8 Å². The molecule has 0 heterocycles. The van der Waals surface area contributed by atoms with Gasteiger partial charge in [-0.3, -0.25) is 18.7 Å². The molecule has 6 N–H and O–H groups in total. The van der Waals surface area contributed by atoms with Gasteiger partial charge in [0.05, 0.1) is 26.9 Å². The minimum absolute atomic E-state index is 0.0665. The predicted octanol–water partition coefficient (Wildman–Crippen LogP) is 13.9. The zero-order valence-corrected chi connectivity index (χ0v) is 46.0. The quantitative estimate of drug-likeness (QED) is 0.00770. The van der Waals surface area contributed by atoms with Gasteiger partial charge >= 0.3 is 0 Å². The first-order chi connectivity index (χ1) is 35.7. The van der Waals surface area contributed by atoms with E-state index in [0.29, 0.717) is 22.1 Å². The van der Waals surface area contributed by atoms with Crippen molar-refractivity contribution in [2.24, 2.45) is 10.2 Å². The van der Waals surface area contributed by atoms with Gasteiger partial charge in [0.1, 0.15) is 46.8 Å². The third-order valence-electron chi connectivity index (χ3n) is 12.2. The van der Waals surface area contributed by atoms with Gasteiger partial charge in [-0.2, -0.15) is 21.9 Å². The number of rotatable bonds is 32. The van der Waals surface area contributed by atoms with Crippen molar-refractivity contribution in [3.63, 3.8) is 0 Å². The Morgan fingerprint density at radius 2 is 1.29 bits per heavy atom. The second-order valence-corrected chi connectivity index (χ2v) is 22.8. The van der Waals surface area contributed by atoms with E-state index in [2.05, 4.69) is 40.8 Å². The molecule has 408 valence electrons. The number of nitrogens with one attached hydrogen (secondary N) is 2. The normalized spacial score (nSPS) is 12.0. The number of amides is 2. The summed E-state index contributed by atoms with van der Waals surface area (Å²) in [7, 11) is -9.96. The molecular formula is C55H72N4O13S3. The number of aryl methyl sites for hydroxylation is 1. The number of azo groups is 1. The summed E-state index contributed by atoms with van der Waals surface area (Å²) >= 11 is 1.51. The minimum Gasteiger partial charge on any atom is -0.506 e. The molecule has 0 saturated carbocycles. The topological polar surface area (TPSA) is 260 Å². The Labute approximate surface area is 445 Å². The summed E-state index contributed by atoms with van der Waals surface area (Å²) in [6, 6.07) is 19.6. The summed E-state index contributed by atoms with van der Waals surface area (Å²) in [5, 5.41) is 34.9. The minimum atomic E-state index is -5.10. The van der Waals surface area contributed by atoms with Crippen molar-refractivity contribution in [2.75, 3.05) is 29.6 Å². The lowest BCUT2D eigenvalue weighted by atomic mass is 10.0. The maximum absolute atomic E-state index is 13.7. The average Bonchev–Trinajstić information content (AvgIpc) is 3.34. The number of nitrogens with zero attached hydrogens (tertiary/aromatic N) is 2. The maximum Gasteiger partial charge on any atom is 0.296 e. The second kappa shape index (κ2) is 28.8. The summed E-state index contributed by atoms with van der Waals surface area (Å²) in [4.78, 5) is 24.7. The molecule has 0 spiro atoms. The number of carbonyl (C=O) groups excluding carboxylic acids is 2. The van der Waals surface area contributed by atoms with Gasteiger partial charge in [0, 0.05) is 18.4 Å². The highest BCUT2D eigenvalue weighted by molar-refractivity contribution is 7.99. The van der Waals surface area contributed by atoms with Gasteiger partial charge in [-0.1, -0.05) is 109 Å². The van der Waals surface area contributed by atoms with Crippen molar-refractivity contribution >= 4 is 77.3 Å². The number of ether oxygens (including phenoxy) is 3. The van der Waals surface area contributed by atoms with Gasteiger partial charge in [-0.15, -0.1) is 16.9 Å². The van der Waals surface area contributed by atoms with Crippen molar-refractivity contribution < 1.29 is 60.0 Å². The fourth-order valence-electron chi connectivity index (χ4n) is 8.14. The number of phenols is 2. The SMILES string of the molecule is CCCCCCCCCCCCCCCc1cccc(OC(C)(C)C(=O)Nc2cc(OCCOc3ccc(N=Nc4c(S(=O)(=O)O)cc5cc(S(=O)(=O)O)cc(NC(C)=O)c5c4O)cc3)c(SCCCC)cc2O)c1. The number of hydrogen-bond donors (Lipinski definition) is 6. The fourth-order valence-corrected chi connectivity index (χ4v) is 10.5. The lowest BCUT2D eigenvalue weighted by molar-refractivity contribution is -0.128. The van der Waals surface area contributed by atoms with E-state index in [1.54, 1.807) is 38.1 Å². The molecule has 17 nitrogen and oxygen atoms in total. The molecule has 0 aliphatic carbocycles. The van der Waals surface area contributed by atoms with E-state index < -0.39 is 58.9 Å². The van der Waals surface area contributed by atoms with Crippen LogP contribution in [0.2, 0.25) is 0 Å². The maximum atomic E-state index is 13.7. The summed E-state index contributed by atoms with van der Waals surface area (Å²) in [5.41, 5.74) is -0.857. The predicted molar refractivity (Wildman–Crippen MR) is 294 cm³/mol.